The first-order chi connectivity index (χ1) is 9.25. The smallest absolute Gasteiger partial charge is 0.307 e. The minimum atomic E-state index is -0.871. The third-order valence-electron chi connectivity index (χ3n) is 4.87. The molecule has 0 radical (unpaired) electrons. The molecule has 1 heterocycles. The minimum Gasteiger partial charge on any atom is -0.481 e. The van der Waals surface area contributed by atoms with Gasteiger partial charge in [0.15, 0.2) is 0 Å². The van der Waals surface area contributed by atoms with Gasteiger partial charge in [0.05, 0.1) is 11.8 Å². The summed E-state index contributed by atoms with van der Waals surface area (Å²) in [5.41, 5.74) is -0.425. The van der Waals surface area contributed by atoms with E-state index in [-0.39, 0.29) is 5.91 Å². The summed E-state index contributed by atoms with van der Waals surface area (Å²) >= 11 is 0. The van der Waals surface area contributed by atoms with Crippen molar-refractivity contribution >= 4 is 11.9 Å². The maximum Gasteiger partial charge on any atom is 0.307 e. The van der Waals surface area contributed by atoms with E-state index in [1.165, 1.54) is 0 Å². The van der Waals surface area contributed by atoms with Gasteiger partial charge in [-0.2, -0.15) is 0 Å². The highest BCUT2D eigenvalue weighted by Gasteiger charge is 2.65. The summed E-state index contributed by atoms with van der Waals surface area (Å²) in [6.07, 6.45) is 0. The van der Waals surface area contributed by atoms with Crippen LogP contribution < -0.4 is 5.32 Å². The maximum absolute atomic E-state index is 12.2. The van der Waals surface area contributed by atoms with Crippen molar-refractivity contribution in [1.82, 2.24) is 15.1 Å². The first-order valence-corrected chi connectivity index (χ1v) is 7.14. The molecule has 0 bridgehead atoms. The zero-order valence-corrected chi connectivity index (χ0v) is 12.7. The van der Waals surface area contributed by atoms with Gasteiger partial charge in [-0.05, 0) is 19.5 Å². The Balaban J connectivity index is 1.85. The summed E-state index contributed by atoms with van der Waals surface area (Å²) in [4.78, 5) is 27.7. The Morgan fingerprint density at radius 1 is 1.25 bits per heavy atom. The van der Waals surface area contributed by atoms with Crippen molar-refractivity contribution < 1.29 is 14.7 Å². The van der Waals surface area contributed by atoms with Crippen molar-refractivity contribution in [1.29, 1.82) is 0 Å². The van der Waals surface area contributed by atoms with Crippen molar-refractivity contribution in [2.24, 2.45) is 17.3 Å². The van der Waals surface area contributed by atoms with Crippen molar-refractivity contribution in [3.8, 4) is 0 Å². The fourth-order valence-corrected chi connectivity index (χ4v) is 3.24. The number of piperazine rings is 1. The number of carboxylic acids is 1. The fourth-order valence-electron chi connectivity index (χ4n) is 3.24. The molecule has 2 N–H and O–H groups in total. The van der Waals surface area contributed by atoms with Crippen molar-refractivity contribution in [3.63, 3.8) is 0 Å². The second-order valence-electron chi connectivity index (χ2n) is 6.76. The largest absolute Gasteiger partial charge is 0.481 e. The molecule has 2 rings (SSSR count). The number of likely N-dealkylation sites (N-methyl/N-ethyl adjacent to an activating group) is 2. The molecule has 20 heavy (non-hydrogen) atoms. The average Bonchev–Trinajstić information content (AvgIpc) is 2.93. The molecule has 114 valence electrons. The Bertz CT molecular complexity index is 410. The molecule has 1 aliphatic carbocycles. The van der Waals surface area contributed by atoms with Crippen molar-refractivity contribution in [3.05, 3.63) is 0 Å². The topological polar surface area (TPSA) is 72.9 Å². The molecule has 6 heteroatoms. The molecule has 2 fully saturated rings. The molecule has 1 amide bonds. The molecule has 3 unspecified atom stereocenters. The zero-order chi connectivity index (χ0) is 15.1. The minimum absolute atomic E-state index is 0.121. The Labute approximate surface area is 120 Å². The highest BCUT2D eigenvalue weighted by atomic mass is 16.4. The summed E-state index contributed by atoms with van der Waals surface area (Å²) in [6, 6.07) is 0.294. The van der Waals surface area contributed by atoms with Crippen molar-refractivity contribution in [2.45, 2.75) is 19.9 Å². The van der Waals surface area contributed by atoms with Crippen LogP contribution in [-0.2, 0) is 9.59 Å². The Kier molecular flexibility index (Phi) is 4.07. The summed E-state index contributed by atoms with van der Waals surface area (Å²) in [5.74, 6) is -1.94. The lowest BCUT2D eigenvalue weighted by Crippen LogP contribution is -2.54. The summed E-state index contributed by atoms with van der Waals surface area (Å²) in [6.45, 7) is 7.22. The highest BCUT2D eigenvalue weighted by Crippen LogP contribution is 2.58. The SMILES string of the molecule is CN1CCN(C)C(CNC(=O)C2C(C(=O)O)C2(C)C)C1. The number of nitrogens with one attached hydrogen (secondary N) is 1. The van der Waals surface area contributed by atoms with Gasteiger partial charge >= 0.3 is 5.97 Å². The quantitative estimate of drug-likeness (QED) is 0.741. The van der Waals surface area contributed by atoms with E-state index < -0.39 is 23.2 Å². The van der Waals surface area contributed by atoms with Crippen LogP contribution in [0.1, 0.15) is 13.8 Å². The van der Waals surface area contributed by atoms with Crippen LogP contribution in [0.4, 0.5) is 0 Å². The number of amides is 1. The molecule has 0 spiro atoms. The zero-order valence-electron chi connectivity index (χ0n) is 12.7. The molecular weight excluding hydrogens is 258 g/mol. The normalized spacial score (nSPS) is 33.7. The summed E-state index contributed by atoms with van der Waals surface area (Å²) in [7, 11) is 4.14. The number of carbonyl (C=O) groups excluding carboxylic acids is 1. The molecule has 6 nitrogen and oxygen atoms in total. The van der Waals surface area contributed by atoms with E-state index in [0.717, 1.165) is 19.6 Å². The molecule has 1 aliphatic heterocycles. The van der Waals surface area contributed by atoms with Gasteiger partial charge in [-0.15, -0.1) is 0 Å². The molecule has 2 aliphatic rings. The number of hydrogen-bond acceptors (Lipinski definition) is 4. The Morgan fingerprint density at radius 3 is 2.45 bits per heavy atom. The molecule has 0 aromatic heterocycles. The predicted octanol–water partition coefficient (Wildman–Crippen LogP) is -0.295. The van der Waals surface area contributed by atoms with Gasteiger partial charge in [-0.25, -0.2) is 0 Å². The van der Waals surface area contributed by atoms with Gasteiger partial charge < -0.3 is 15.3 Å². The molecule has 1 saturated heterocycles. The number of hydrogen-bond donors (Lipinski definition) is 2. The van der Waals surface area contributed by atoms with Crippen LogP contribution in [0.2, 0.25) is 0 Å². The lowest BCUT2D eigenvalue weighted by atomic mass is 10.1. The van der Waals surface area contributed by atoms with Crippen molar-refractivity contribution in [2.75, 3.05) is 40.3 Å². The van der Waals surface area contributed by atoms with Crippen LogP contribution in [0.25, 0.3) is 0 Å². The Hall–Kier alpha value is -1.14. The van der Waals surface area contributed by atoms with E-state index in [1.807, 2.05) is 13.8 Å². The summed E-state index contributed by atoms with van der Waals surface area (Å²) < 4.78 is 0. The van der Waals surface area contributed by atoms with E-state index in [4.69, 9.17) is 5.11 Å². The van der Waals surface area contributed by atoms with Gasteiger partial charge in [0.1, 0.15) is 0 Å². The monoisotopic (exact) mass is 283 g/mol. The van der Waals surface area contributed by atoms with E-state index in [9.17, 15) is 9.59 Å². The summed E-state index contributed by atoms with van der Waals surface area (Å²) in [5, 5.41) is 12.0. The lowest BCUT2D eigenvalue weighted by molar-refractivity contribution is -0.140. The van der Waals surface area contributed by atoms with Gasteiger partial charge in [-0.1, -0.05) is 13.8 Å². The van der Waals surface area contributed by atoms with E-state index >= 15 is 0 Å². The first-order valence-electron chi connectivity index (χ1n) is 7.14. The standard InChI is InChI=1S/C14H25N3O3/c1-14(2)10(11(14)13(19)20)12(18)15-7-9-8-16(3)5-6-17(9)4/h9-11H,5-8H2,1-4H3,(H,15,18)(H,19,20). The third kappa shape index (κ3) is 2.81. The number of aliphatic carboxylic acids is 1. The second-order valence-corrected chi connectivity index (χ2v) is 6.76. The molecule has 1 saturated carbocycles. The van der Waals surface area contributed by atoms with E-state index in [2.05, 4.69) is 29.2 Å². The Morgan fingerprint density at radius 2 is 1.90 bits per heavy atom. The first kappa shape index (κ1) is 15.3. The number of carboxylic acid groups (broad SMARTS) is 1. The van der Waals surface area contributed by atoms with Crippen LogP contribution in [0.15, 0.2) is 0 Å². The van der Waals surface area contributed by atoms with Crippen LogP contribution in [0.3, 0.4) is 0 Å². The van der Waals surface area contributed by atoms with Gasteiger partial charge in [0.25, 0.3) is 0 Å². The van der Waals surface area contributed by atoms with E-state index in [0.29, 0.717) is 12.6 Å². The van der Waals surface area contributed by atoms with Crippen LogP contribution in [0.5, 0.6) is 0 Å². The van der Waals surface area contributed by atoms with Crippen LogP contribution in [-0.4, -0.2) is 73.1 Å². The van der Waals surface area contributed by atoms with Crippen LogP contribution in [0, 0.1) is 17.3 Å². The molecule has 0 aromatic carbocycles. The third-order valence-corrected chi connectivity index (χ3v) is 4.87. The molecular formula is C14H25N3O3. The molecule has 0 aromatic rings. The maximum atomic E-state index is 12.2. The predicted molar refractivity (Wildman–Crippen MR) is 75.3 cm³/mol. The molecule has 3 atom stereocenters. The van der Waals surface area contributed by atoms with Crippen LogP contribution >= 0.6 is 0 Å². The number of rotatable bonds is 4. The highest BCUT2D eigenvalue weighted by molar-refractivity contribution is 5.91. The lowest BCUT2D eigenvalue weighted by Gasteiger charge is -2.37. The number of carbonyl (C=O) groups is 2. The fraction of sp³-hybridized carbons (Fsp3) is 0.857. The number of nitrogens with zero attached hydrogens (tertiary/aromatic N) is 2. The van der Waals surface area contributed by atoms with Gasteiger partial charge in [0.2, 0.25) is 5.91 Å². The van der Waals surface area contributed by atoms with Gasteiger partial charge in [0, 0.05) is 32.2 Å². The second kappa shape index (κ2) is 5.33. The van der Waals surface area contributed by atoms with Gasteiger partial charge in [-0.3, -0.25) is 14.5 Å². The average molecular weight is 283 g/mol. The van der Waals surface area contributed by atoms with E-state index in [1.54, 1.807) is 0 Å².